The zero-order valence-corrected chi connectivity index (χ0v) is 15.3. The molecule has 26 heavy (non-hydrogen) atoms. The van der Waals surface area contributed by atoms with Crippen LogP contribution in [0, 0.1) is 0 Å². The second-order valence-corrected chi connectivity index (χ2v) is 7.12. The summed E-state index contributed by atoms with van der Waals surface area (Å²) in [6.45, 7) is 0.811. The first-order valence-electron chi connectivity index (χ1n) is 8.29. The van der Waals surface area contributed by atoms with Crippen LogP contribution in [0.15, 0.2) is 71.2 Å². The summed E-state index contributed by atoms with van der Waals surface area (Å²) in [4.78, 5) is 0. The highest BCUT2D eigenvalue weighted by molar-refractivity contribution is 9.10. The quantitative estimate of drug-likeness (QED) is 0.471. The summed E-state index contributed by atoms with van der Waals surface area (Å²) in [5.41, 5.74) is 4.62. The number of fused-ring (bicyclic) bond motifs is 3. The van der Waals surface area contributed by atoms with Gasteiger partial charge in [0, 0.05) is 38.4 Å². The van der Waals surface area contributed by atoms with Crippen molar-refractivity contribution in [3.05, 3.63) is 76.8 Å². The van der Waals surface area contributed by atoms with Crippen LogP contribution in [0.2, 0.25) is 0 Å². The van der Waals surface area contributed by atoms with Crippen molar-refractivity contribution in [3.63, 3.8) is 0 Å². The molecular formula is C20H14BrN5. The number of tetrazole rings is 1. The van der Waals surface area contributed by atoms with Crippen LogP contribution in [-0.2, 0) is 6.54 Å². The van der Waals surface area contributed by atoms with Crippen LogP contribution in [0.3, 0.4) is 0 Å². The lowest BCUT2D eigenvalue weighted by molar-refractivity contribution is 0.868. The number of aromatic amines is 1. The zero-order valence-electron chi connectivity index (χ0n) is 13.7. The van der Waals surface area contributed by atoms with Gasteiger partial charge in [-0.15, -0.1) is 10.2 Å². The van der Waals surface area contributed by atoms with Gasteiger partial charge in [0.05, 0.1) is 0 Å². The van der Waals surface area contributed by atoms with Crippen molar-refractivity contribution < 1.29 is 0 Å². The van der Waals surface area contributed by atoms with Gasteiger partial charge in [0.25, 0.3) is 0 Å². The smallest absolute Gasteiger partial charge is 0.204 e. The summed E-state index contributed by atoms with van der Waals surface area (Å²) < 4.78 is 3.45. The van der Waals surface area contributed by atoms with Gasteiger partial charge >= 0.3 is 0 Å². The number of H-pyrrole nitrogens is 1. The lowest BCUT2D eigenvalue weighted by atomic mass is 10.1. The van der Waals surface area contributed by atoms with E-state index in [1.54, 1.807) is 0 Å². The van der Waals surface area contributed by atoms with Crippen LogP contribution in [0.1, 0.15) is 5.56 Å². The van der Waals surface area contributed by atoms with Crippen molar-refractivity contribution in [3.8, 4) is 11.4 Å². The SMILES string of the molecule is Brc1cccc(Cn2c3ccccc3c3cc(-c4nn[nH]n4)ccc32)c1. The molecule has 126 valence electrons. The second-order valence-electron chi connectivity index (χ2n) is 6.20. The normalized spacial score (nSPS) is 11.4. The number of hydrogen-bond donors (Lipinski definition) is 1. The maximum Gasteiger partial charge on any atom is 0.204 e. The van der Waals surface area contributed by atoms with Crippen LogP contribution >= 0.6 is 15.9 Å². The summed E-state index contributed by atoms with van der Waals surface area (Å²) in [7, 11) is 0. The van der Waals surface area contributed by atoms with E-state index in [-0.39, 0.29) is 0 Å². The van der Waals surface area contributed by atoms with E-state index in [4.69, 9.17) is 0 Å². The number of nitrogens with one attached hydrogen (secondary N) is 1. The molecule has 0 bridgehead atoms. The molecule has 0 amide bonds. The van der Waals surface area contributed by atoms with Crippen LogP contribution in [-0.4, -0.2) is 25.2 Å². The summed E-state index contributed by atoms with van der Waals surface area (Å²) in [5, 5.41) is 16.8. The number of hydrogen-bond acceptors (Lipinski definition) is 3. The Balaban J connectivity index is 1.74. The Morgan fingerprint density at radius 2 is 1.77 bits per heavy atom. The lowest BCUT2D eigenvalue weighted by Crippen LogP contribution is -1.99. The molecule has 0 aliphatic heterocycles. The predicted molar refractivity (Wildman–Crippen MR) is 106 cm³/mol. The first-order valence-corrected chi connectivity index (χ1v) is 9.08. The van der Waals surface area contributed by atoms with E-state index >= 15 is 0 Å². The van der Waals surface area contributed by atoms with Gasteiger partial charge in [-0.05, 0) is 47.2 Å². The fourth-order valence-corrected chi connectivity index (χ4v) is 3.91. The zero-order chi connectivity index (χ0) is 17.5. The molecule has 2 heterocycles. The number of aromatic nitrogens is 5. The molecule has 0 saturated heterocycles. The average molecular weight is 404 g/mol. The van der Waals surface area contributed by atoms with Crippen molar-refractivity contribution in [1.82, 2.24) is 25.2 Å². The molecule has 2 aromatic heterocycles. The van der Waals surface area contributed by atoms with Gasteiger partial charge in [0.2, 0.25) is 5.82 Å². The maximum absolute atomic E-state index is 4.10. The van der Waals surface area contributed by atoms with Crippen LogP contribution < -0.4 is 0 Å². The average Bonchev–Trinajstić information content (AvgIpc) is 3.29. The van der Waals surface area contributed by atoms with Crippen molar-refractivity contribution in [2.45, 2.75) is 6.54 Å². The fourth-order valence-electron chi connectivity index (χ4n) is 3.47. The molecule has 0 aliphatic carbocycles. The number of para-hydroxylation sites is 1. The molecule has 1 N–H and O–H groups in total. The first-order chi connectivity index (χ1) is 12.8. The minimum Gasteiger partial charge on any atom is -0.336 e. The second kappa shape index (κ2) is 6.07. The summed E-state index contributed by atoms with van der Waals surface area (Å²) in [5.74, 6) is 0.607. The van der Waals surface area contributed by atoms with Crippen LogP contribution in [0.25, 0.3) is 33.2 Å². The van der Waals surface area contributed by atoms with Gasteiger partial charge in [-0.3, -0.25) is 0 Å². The predicted octanol–water partition coefficient (Wildman–Crippen LogP) is 4.79. The number of benzene rings is 3. The molecule has 3 aromatic carbocycles. The molecule has 0 radical (unpaired) electrons. The third-order valence-corrected chi connectivity index (χ3v) is 5.10. The monoisotopic (exact) mass is 403 g/mol. The largest absolute Gasteiger partial charge is 0.336 e. The molecular weight excluding hydrogens is 390 g/mol. The molecule has 5 aromatic rings. The molecule has 0 saturated carbocycles. The van der Waals surface area contributed by atoms with Crippen LogP contribution in [0.5, 0.6) is 0 Å². The molecule has 0 atom stereocenters. The Hall–Kier alpha value is -2.99. The molecule has 0 spiro atoms. The molecule has 5 nitrogen and oxygen atoms in total. The van der Waals surface area contributed by atoms with Crippen molar-refractivity contribution in [1.29, 1.82) is 0 Å². The Morgan fingerprint density at radius 3 is 2.62 bits per heavy atom. The summed E-state index contributed by atoms with van der Waals surface area (Å²) >= 11 is 3.57. The van der Waals surface area contributed by atoms with Gasteiger partial charge in [-0.2, -0.15) is 5.21 Å². The fraction of sp³-hybridized carbons (Fsp3) is 0.0500. The van der Waals surface area contributed by atoms with E-state index in [1.807, 2.05) is 12.1 Å². The summed E-state index contributed by atoms with van der Waals surface area (Å²) in [6.07, 6.45) is 0. The highest BCUT2D eigenvalue weighted by atomic mass is 79.9. The van der Waals surface area contributed by atoms with Gasteiger partial charge in [-0.1, -0.05) is 46.3 Å². The minimum atomic E-state index is 0.607. The molecule has 5 rings (SSSR count). The Labute approximate surface area is 157 Å². The Morgan fingerprint density at radius 1 is 0.885 bits per heavy atom. The third-order valence-electron chi connectivity index (χ3n) is 4.61. The van der Waals surface area contributed by atoms with Crippen molar-refractivity contribution >= 4 is 37.7 Å². The minimum absolute atomic E-state index is 0.607. The molecule has 0 fully saturated rings. The van der Waals surface area contributed by atoms with Crippen molar-refractivity contribution in [2.75, 3.05) is 0 Å². The highest BCUT2D eigenvalue weighted by Crippen LogP contribution is 2.32. The Bertz CT molecular complexity index is 1220. The maximum atomic E-state index is 4.10. The standard InChI is InChI=1S/C20H14BrN5/c21-15-5-3-4-13(10-15)12-26-18-7-2-1-6-16(18)17-11-14(8-9-19(17)26)20-22-24-25-23-20/h1-11H,12H2,(H,22,23,24,25). The van der Waals surface area contributed by atoms with Gasteiger partial charge < -0.3 is 4.57 Å². The van der Waals surface area contributed by atoms with E-state index in [2.05, 4.69) is 95.7 Å². The van der Waals surface area contributed by atoms with E-state index < -0.39 is 0 Å². The van der Waals surface area contributed by atoms with Gasteiger partial charge in [-0.25, -0.2) is 0 Å². The van der Waals surface area contributed by atoms with E-state index in [0.29, 0.717) is 5.82 Å². The van der Waals surface area contributed by atoms with Crippen molar-refractivity contribution in [2.24, 2.45) is 0 Å². The number of rotatable bonds is 3. The van der Waals surface area contributed by atoms with Gasteiger partial charge in [0.15, 0.2) is 0 Å². The number of halogens is 1. The first kappa shape index (κ1) is 15.3. The number of nitrogens with zero attached hydrogens (tertiary/aromatic N) is 4. The van der Waals surface area contributed by atoms with E-state index in [1.165, 1.54) is 27.4 Å². The third kappa shape index (κ3) is 2.50. The molecule has 0 aliphatic rings. The Kier molecular flexibility index (Phi) is 3.57. The molecule has 0 unspecified atom stereocenters. The molecule has 6 heteroatoms. The van der Waals surface area contributed by atoms with E-state index in [0.717, 1.165) is 16.6 Å². The van der Waals surface area contributed by atoms with Crippen LogP contribution in [0.4, 0.5) is 0 Å². The van der Waals surface area contributed by atoms with E-state index in [9.17, 15) is 0 Å². The van der Waals surface area contributed by atoms with Gasteiger partial charge in [0.1, 0.15) is 0 Å². The summed E-state index contributed by atoms with van der Waals surface area (Å²) in [6, 6.07) is 23.2. The topological polar surface area (TPSA) is 59.4 Å². The lowest BCUT2D eigenvalue weighted by Gasteiger charge is -2.08. The highest BCUT2D eigenvalue weighted by Gasteiger charge is 2.13.